The number of aryl methyl sites for hydroxylation is 1. The molecule has 1 saturated heterocycles. The van der Waals surface area contributed by atoms with Crippen LogP contribution in [0.3, 0.4) is 0 Å². The molecule has 1 amide bonds. The normalized spacial score (nSPS) is 17.8. The Balaban J connectivity index is 1.63. The van der Waals surface area contributed by atoms with Crippen molar-refractivity contribution in [2.45, 2.75) is 58.5 Å². The molecule has 1 fully saturated rings. The summed E-state index contributed by atoms with van der Waals surface area (Å²) in [7, 11) is 1.95. The van der Waals surface area contributed by atoms with Gasteiger partial charge in [0.15, 0.2) is 0 Å². The molecule has 0 unspecified atom stereocenters. The van der Waals surface area contributed by atoms with Crippen molar-refractivity contribution in [2.75, 3.05) is 26.7 Å². The van der Waals surface area contributed by atoms with Gasteiger partial charge in [0, 0.05) is 32.7 Å². The van der Waals surface area contributed by atoms with Crippen LogP contribution in [-0.2, 0) is 13.0 Å². The molecular formula is C23H34N4O. The fourth-order valence-corrected chi connectivity index (χ4v) is 3.96. The maximum atomic E-state index is 13.2. The SMILES string of the molecule is CCn1nc(C(C)C)cc1C(=O)N(C)[C@@H]1CCCN(CCc2ccccc2)C1. The minimum atomic E-state index is 0.0937. The number of hydrogen-bond acceptors (Lipinski definition) is 3. The standard InChI is InChI=1S/C23H34N4O/c1-5-27-22(16-21(24-27)18(2)3)23(28)25(4)20-12-9-14-26(17-20)15-13-19-10-7-6-8-11-19/h6-8,10-11,16,18,20H,5,9,12-15,17H2,1-4H3/t20-/m1/s1. The fourth-order valence-electron chi connectivity index (χ4n) is 3.96. The maximum absolute atomic E-state index is 13.2. The Hall–Kier alpha value is -2.14. The lowest BCUT2D eigenvalue weighted by Crippen LogP contribution is -2.49. The Bertz CT molecular complexity index is 768. The van der Waals surface area contributed by atoms with Crippen LogP contribution in [0.2, 0.25) is 0 Å². The van der Waals surface area contributed by atoms with Gasteiger partial charge < -0.3 is 9.80 Å². The highest BCUT2D eigenvalue weighted by Gasteiger charge is 2.28. The summed E-state index contributed by atoms with van der Waals surface area (Å²) in [6, 6.07) is 12.9. The van der Waals surface area contributed by atoms with Crippen molar-refractivity contribution in [3.63, 3.8) is 0 Å². The lowest BCUT2D eigenvalue weighted by Gasteiger charge is -2.37. The van der Waals surface area contributed by atoms with Crippen molar-refractivity contribution in [1.29, 1.82) is 0 Å². The number of likely N-dealkylation sites (N-methyl/N-ethyl adjacent to an activating group) is 1. The highest BCUT2D eigenvalue weighted by molar-refractivity contribution is 5.92. The highest BCUT2D eigenvalue weighted by Crippen LogP contribution is 2.20. The highest BCUT2D eigenvalue weighted by atomic mass is 16.2. The molecule has 2 aromatic rings. The monoisotopic (exact) mass is 382 g/mol. The number of benzene rings is 1. The van der Waals surface area contributed by atoms with E-state index < -0.39 is 0 Å². The number of aromatic nitrogens is 2. The maximum Gasteiger partial charge on any atom is 0.272 e. The molecule has 1 aromatic heterocycles. The van der Waals surface area contributed by atoms with Crippen LogP contribution < -0.4 is 0 Å². The summed E-state index contributed by atoms with van der Waals surface area (Å²) in [6.07, 6.45) is 3.27. The van der Waals surface area contributed by atoms with Gasteiger partial charge in [-0.05, 0) is 50.3 Å². The predicted molar refractivity (Wildman–Crippen MR) is 114 cm³/mol. The minimum absolute atomic E-state index is 0.0937. The second kappa shape index (κ2) is 9.37. The average molecular weight is 383 g/mol. The number of rotatable bonds is 7. The zero-order valence-electron chi connectivity index (χ0n) is 17.8. The number of piperidine rings is 1. The topological polar surface area (TPSA) is 41.4 Å². The van der Waals surface area contributed by atoms with Gasteiger partial charge >= 0.3 is 0 Å². The summed E-state index contributed by atoms with van der Waals surface area (Å²) in [5, 5.41) is 4.61. The molecule has 1 aliphatic heterocycles. The lowest BCUT2D eigenvalue weighted by molar-refractivity contribution is 0.0607. The molecular weight excluding hydrogens is 348 g/mol. The molecule has 152 valence electrons. The van der Waals surface area contributed by atoms with E-state index in [2.05, 4.69) is 54.2 Å². The van der Waals surface area contributed by atoms with E-state index in [4.69, 9.17) is 0 Å². The summed E-state index contributed by atoms with van der Waals surface area (Å²) in [5.74, 6) is 0.420. The van der Waals surface area contributed by atoms with E-state index in [0.717, 1.165) is 56.8 Å². The number of carbonyl (C=O) groups excluding carboxylic acids is 1. The van der Waals surface area contributed by atoms with Crippen molar-refractivity contribution in [3.05, 3.63) is 53.3 Å². The quantitative estimate of drug-likeness (QED) is 0.731. The molecule has 5 heteroatoms. The minimum Gasteiger partial charge on any atom is -0.336 e. The molecule has 3 rings (SSSR count). The van der Waals surface area contributed by atoms with Gasteiger partial charge in [0.2, 0.25) is 0 Å². The van der Waals surface area contributed by atoms with Crippen molar-refractivity contribution in [1.82, 2.24) is 19.6 Å². The number of nitrogens with zero attached hydrogens (tertiary/aromatic N) is 4. The van der Waals surface area contributed by atoms with Crippen LogP contribution >= 0.6 is 0 Å². The summed E-state index contributed by atoms with van der Waals surface area (Å²) in [6.45, 7) is 10.1. The number of carbonyl (C=O) groups is 1. The molecule has 2 heterocycles. The van der Waals surface area contributed by atoms with Crippen molar-refractivity contribution >= 4 is 5.91 Å². The third-order valence-electron chi connectivity index (χ3n) is 5.82. The van der Waals surface area contributed by atoms with E-state index in [1.54, 1.807) is 0 Å². The van der Waals surface area contributed by atoms with Gasteiger partial charge in [-0.1, -0.05) is 44.2 Å². The zero-order chi connectivity index (χ0) is 20.1. The van der Waals surface area contributed by atoms with Crippen LogP contribution in [0.25, 0.3) is 0 Å². The van der Waals surface area contributed by atoms with E-state index in [-0.39, 0.29) is 11.9 Å². The van der Waals surface area contributed by atoms with Gasteiger partial charge in [-0.25, -0.2) is 0 Å². The van der Waals surface area contributed by atoms with Crippen LogP contribution in [0.1, 0.15) is 61.3 Å². The first-order chi connectivity index (χ1) is 13.5. The molecule has 0 spiro atoms. The molecule has 0 bridgehead atoms. The van der Waals surface area contributed by atoms with Crippen LogP contribution in [-0.4, -0.2) is 58.2 Å². The van der Waals surface area contributed by atoms with Gasteiger partial charge in [-0.2, -0.15) is 5.10 Å². The van der Waals surface area contributed by atoms with Crippen LogP contribution in [0.4, 0.5) is 0 Å². The Morgan fingerprint density at radius 2 is 2.04 bits per heavy atom. The van der Waals surface area contributed by atoms with E-state index in [1.807, 2.05) is 29.6 Å². The molecule has 5 nitrogen and oxygen atoms in total. The Morgan fingerprint density at radius 1 is 1.29 bits per heavy atom. The van der Waals surface area contributed by atoms with Crippen molar-refractivity contribution < 1.29 is 4.79 Å². The smallest absolute Gasteiger partial charge is 0.272 e. The third-order valence-corrected chi connectivity index (χ3v) is 5.82. The van der Waals surface area contributed by atoms with E-state index >= 15 is 0 Å². The molecule has 1 aliphatic rings. The molecule has 1 aromatic carbocycles. The Labute approximate surface area is 169 Å². The Morgan fingerprint density at radius 3 is 2.71 bits per heavy atom. The van der Waals surface area contributed by atoms with Gasteiger partial charge in [0.1, 0.15) is 5.69 Å². The average Bonchev–Trinajstić information content (AvgIpc) is 3.17. The number of hydrogen-bond donors (Lipinski definition) is 0. The number of likely N-dealkylation sites (tertiary alicyclic amines) is 1. The lowest BCUT2D eigenvalue weighted by atomic mass is 10.0. The van der Waals surface area contributed by atoms with Gasteiger partial charge in [-0.3, -0.25) is 9.48 Å². The summed E-state index contributed by atoms with van der Waals surface area (Å²) in [5.41, 5.74) is 3.09. The van der Waals surface area contributed by atoms with Crippen molar-refractivity contribution in [2.24, 2.45) is 0 Å². The van der Waals surface area contributed by atoms with Gasteiger partial charge in [0.25, 0.3) is 5.91 Å². The van der Waals surface area contributed by atoms with Gasteiger partial charge in [0.05, 0.1) is 5.69 Å². The molecule has 0 saturated carbocycles. The molecule has 0 aliphatic carbocycles. The second-order valence-corrected chi connectivity index (χ2v) is 8.17. The van der Waals surface area contributed by atoms with E-state index in [0.29, 0.717) is 5.92 Å². The summed E-state index contributed by atoms with van der Waals surface area (Å²) >= 11 is 0. The summed E-state index contributed by atoms with van der Waals surface area (Å²) in [4.78, 5) is 17.6. The first kappa shape index (κ1) is 20.6. The largest absolute Gasteiger partial charge is 0.336 e. The van der Waals surface area contributed by atoms with E-state index in [9.17, 15) is 4.79 Å². The van der Waals surface area contributed by atoms with Crippen LogP contribution in [0.5, 0.6) is 0 Å². The molecule has 1 atom stereocenters. The van der Waals surface area contributed by atoms with Crippen molar-refractivity contribution in [3.8, 4) is 0 Å². The zero-order valence-corrected chi connectivity index (χ0v) is 17.8. The predicted octanol–water partition coefficient (Wildman–Crippen LogP) is 3.81. The molecule has 0 N–H and O–H groups in total. The van der Waals surface area contributed by atoms with E-state index in [1.165, 1.54) is 5.56 Å². The first-order valence-electron chi connectivity index (χ1n) is 10.6. The molecule has 0 radical (unpaired) electrons. The summed E-state index contributed by atoms with van der Waals surface area (Å²) < 4.78 is 1.85. The fraction of sp³-hybridized carbons (Fsp3) is 0.565. The Kier molecular flexibility index (Phi) is 6.89. The van der Waals surface area contributed by atoms with Gasteiger partial charge in [-0.15, -0.1) is 0 Å². The third kappa shape index (κ3) is 4.82. The van der Waals surface area contributed by atoms with Crippen LogP contribution in [0.15, 0.2) is 36.4 Å². The van der Waals surface area contributed by atoms with Crippen LogP contribution in [0, 0.1) is 0 Å². The second-order valence-electron chi connectivity index (χ2n) is 8.17. The number of amides is 1. The molecule has 28 heavy (non-hydrogen) atoms. The first-order valence-corrected chi connectivity index (χ1v) is 10.6.